The Bertz CT molecular complexity index is 128. The molecule has 0 aliphatic heterocycles. The normalized spacial score (nSPS) is 31.8. The van der Waals surface area contributed by atoms with Crippen LogP contribution in [0.15, 0.2) is 0 Å². The van der Waals surface area contributed by atoms with E-state index in [4.69, 9.17) is 5.73 Å². The monoisotopic (exact) mass is 132 g/mol. The SMILES string of the molecule is NCC(=O)N[C@@H]1C[C@@H]1F. The van der Waals surface area contributed by atoms with Gasteiger partial charge in [0.1, 0.15) is 6.17 Å². The summed E-state index contributed by atoms with van der Waals surface area (Å²) in [4.78, 5) is 10.4. The lowest BCUT2D eigenvalue weighted by Crippen LogP contribution is -2.32. The summed E-state index contributed by atoms with van der Waals surface area (Å²) in [7, 11) is 0. The molecule has 0 aromatic rings. The Labute approximate surface area is 52.4 Å². The molecule has 0 bridgehead atoms. The van der Waals surface area contributed by atoms with Crippen molar-refractivity contribution in [3.63, 3.8) is 0 Å². The van der Waals surface area contributed by atoms with Gasteiger partial charge in [-0.3, -0.25) is 4.79 Å². The van der Waals surface area contributed by atoms with Crippen molar-refractivity contribution in [2.24, 2.45) is 5.73 Å². The summed E-state index contributed by atoms with van der Waals surface area (Å²) in [5.41, 5.74) is 4.96. The number of alkyl halides is 1. The zero-order valence-electron chi connectivity index (χ0n) is 4.93. The molecule has 0 spiro atoms. The third-order valence-electron chi connectivity index (χ3n) is 1.24. The first-order valence-corrected chi connectivity index (χ1v) is 2.87. The van der Waals surface area contributed by atoms with E-state index in [2.05, 4.69) is 5.32 Å². The van der Waals surface area contributed by atoms with Crippen LogP contribution in [0.25, 0.3) is 0 Å². The van der Waals surface area contributed by atoms with Crippen molar-refractivity contribution < 1.29 is 9.18 Å². The van der Waals surface area contributed by atoms with Crippen LogP contribution in [0.2, 0.25) is 0 Å². The molecular formula is C5H9FN2O. The van der Waals surface area contributed by atoms with Gasteiger partial charge in [0.2, 0.25) is 5.91 Å². The molecule has 0 saturated heterocycles. The topological polar surface area (TPSA) is 55.1 Å². The largest absolute Gasteiger partial charge is 0.349 e. The zero-order valence-corrected chi connectivity index (χ0v) is 4.93. The number of rotatable bonds is 2. The van der Waals surface area contributed by atoms with Crippen molar-refractivity contribution in [3.05, 3.63) is 0 Å². The molecule has 52 valence electrons. The van der Waals surface area contributed by atoms with Gasteiger partial charge in [0.05, 0.1) is 12.6 Å². The molecule has 1 aliphatic carbocycles. The molecule has 0 radical (unpaired) electrons. The van der Waals surface area contributed by atoms with E-state index in [1.54, 1.807) is 0 Å². The predicted octanol–water partition coefficient (Wildman–Crippen LogP) is -0.828. The second kappa shape index (κ2) is 2.31. The molecular weight excluding hydrogens is 123 g/mol. The Balaban J connectivity index is 2.12. The second-order valence-electron chi connectivity index (χ2n) is 2.13. The first kappa shape index (κ1) is 6.48. The van der Waals surface area contributed by atoms with Gasteiger partial charge in [-0.25, -0.2) is 4.39 Å². The Morgan fingerprint density at radius 3 is 2.78 bits per heavy atom. The van der Waals surface area contributed by atoms with Crippen LogP contribution in [0, 0.1) is 0 Å². The summed E-state index contributed by atoms with van der Waals surface area (Å²) >= 11 is 0. The van der Waals surface area contributed by atoms with E-state index in [-0.39, 0.29) is 18.5 Å². The smallest absolute Gasteiger partial charge is 0.234 e. The fraction of sp³-hybridized carbons (Fsp3) is 0.800. The van der Waals surface area contributed by atoms with E-state index in [0.717, 1.165) is 0 Å². The van der Waals surface area contributed by atoms with E-state index in [0.29, 0.717) is 6.42 Å². The maximum atomic E-state index is 12.0. The van der Waals surface area contributed by atoms with Gasteiger partial charge in [0.25, 0.3) is 0 Å². The molecule has 1 aliphatic rings. The summed E-state index contributed by atoms with van der Waals surface area (Å²) < 4.78 is 12.0. The maximum Gasteiger partial charge on any atom is 0.234 e. The molecule has 2 atom stereocenters. The number of hydrogen-bond donors (Lipinski definition) is 2. The molecule has 0 heterocycles. The zero-order chi connectivity index (χ0) is 6.85. The summed E-state index contributed by atoms with van der Waals surface area (Å²) in [6, 6.07) is -0.249. The predicted molar refractivity (Wildman–Crippen MR) is 30.5 cm³/mol. The molecule has 3 nitrogen and oxygen atoms in total. The number of nitrogens with one attached hydrogen (secondary N) is 1. The Hall–Kier alpha value is -0.640. The minimum Gasteiger partial charge on any atom is -0.349 e. The van der Waals surface area contributed by atoms with Crippen LogP contribution >= 0.6 is 0 Å². The van der Waals surface area contributed by atoms with Crippen molar-refractivity contribution in [3.8, 4) is 0 Å². The molecule has 0 unspecified atom stereocenters. The van der Waals surface area contributed by atoms with Gasteiger partial charge in [0.15, 0.2) is 0 Å². The van der Waals surface area contributed by atoms with E-state index < -0.39 is 6.17 Å². The van der Waals surface area contributed by atoms with Crippen molar-refractivity contribution >= 4 is 5.91 Å². The summed E-state index contributed by atoms with van der Waals surface area (Å²) in [6.07, 6.45) is -0.383. The summed E-state index contributed by atoms with van der Waals surface area (Å²) in [5.74, 6) is -0.278. The van der Waals surface area contributed by atoms with Gasteiger partial charge < -0.3 is 11.1 Å². The fourth-order valence-corrected chi connectivity index (χ4v) is 0.579. The third kappa shape index (κ3) is 1.64. The molecule has 3 N–H and O–H groups in total. The lowest BCUT2D eigenvalue weighted by atomic mass is 10.5. The minimum absolute atomic E-state index is 0.0524. The summed E-state index contributed by atoms with van der Waals surface area (Å²) in [5, 5.41) is 2.41. The Morgan fingerprint density at radius 2 is 2.44 bits per heavy atom. The fourth-order valence-electron chi connectivity index (χ4n) is 0.579. The number of amides is 1. The van der Waals surface area contributed by atoms with Crippen LogP contribution in [0.5, 0.6) is 0 Å². The molecule has 0 aromatic heterocycles. The molecule has 1 rings (SSSR count). The highest BCUT2D eigenvalue weighted by molar-refractivity contribution is 5.78. The van der Waals surface area contributed by atoms with Crippen LogP contribution in [-0.4, -0.2) is 24.7 Å². The second-order valence-corrected chi connectivity index (χ2v) is 2.13. The van der Waals surface area contributed by atoms with Gasteiger partial charge in [-0.15, -0.1) is 0 Å². The maximum absolute atomic E-state index is 12.0. The van der Waals surface area contributed by atoms with Gasteiger partial charge in [0, 0.05) is 6.42 Å². The number of nitrogens with two attached hydrogens (primary N) is 1. The molecule has 0 aromatic carbocycles. The van der Waals surface area contributed by atoms with Gasteiger partial charge >= 0.3 is 0 Å². The highest BCUT2D eigenvalue weighted by atomic mass is 19.1. The van der Waals surface area contributed by atoms with Crippen LogP contribution < -0.4 is 11.1 Å². The van der Waals surface area contributed by atoms with Crippen molar-refractivity contribution in [2.75, 3.05) is 6.54 Å². The summed E-state index contributed by atoms with van der Waals surface area (Å²) in [6.45, 7) is -0.0524. The van der Waals surface area contributed by atoms with Crippen LogP contribution in [-0.2, 0) is 4.79 Å². The average Bonchev–Trinajstić information content (AvgIpc) is 2.47. The highest BCUT2D eigenvalue weighted by Crippen LogP contribution is 2.24. The first-order valence-electron chi connectivity index (χ1n) is 2.87. The molecule has 1 fully saturated rings. The van der Waals surface area contributed by atoms with E-state index >= 15 is 0 Å². The molecule has 1 amide bonds. The molecule has 9 heavy (non-hydrogen) atoms. The van der Waals surface area contributed by atoms with E-state index in [9.17, 15) is 9.18 Å². The van der Waals surface area contributed by atoms with Gasteiger partial charge in [-0.05, 0) is 0 Å². The van der Waals surface area contributed by atoms with Crippen LogP contribution in [0.3, 0.4) is 0 Å². The first-order chi connectivity index (χ1) is 4.24. The van der Waals surface area contributed by atoms with Gasteiger partial charge in [-0.2, -0.15) is 0 Å². The number of halogens is 1. The molecule has 4 heteroatoms. The molecule has 1 saturated carbocycles. The van der Waals surface area contributed by atoms with Crippen molar-refractivity contribution in [1.29, 1.82) is 0 Å². The number of hydrogen-bond acceptors (Lipinski definition) is 2. The number of carbonyl (C=O) groups excluding carboxylic acids is 1. The van der Waals surface area contributed by atoms with E-state index in [1.165, 1.54) is 0 Å². The van der Waals surface area contributed by atoms with E-state index in [1.807, 2.05) is 0 Å². The number of carbonyl (C=O) groups is 1. The minimum atomic E-state index is -0.833. The van der Waals surface area contributed by atoms with Crippen molar-refractivity contribution in [1.82, 2.24) is 5.32 Å². The average molecular weight is 132 g/mol. The Kier molecular flexibility index (Phi) is 1.66. The quantitative estimate of drug-likeness (QED) is 0.515. The lowest BCUT2D eigenvalue weighted by molar-refractivity contribution is -0.119. The third-order valence-corrected chi connectivity index (χ3v) is 1.24. The van der Waals surface area contributed by atoms with Gasteiger partial charge in [-0.1, -0.05) is 0 Å². The lowest BCUT2D eigenvalue weighted by Gasteiger charge is -1.96. The highest BCUT2D eigenvalue weighted by Gasteiger charge is 2.38. The van der Waals surface area contributed by atoms with Crippen molar-refractivity contribution in [2.45, 2.75) is 18.6 Å². The Morgan fingerprint density at radius 1 is 1.89 bits per heavy atom. The standard InChI is InChI=1S/C5H9FN2O/c6-3-1-4(3)8-5(9)2-7/h3-4H,1-2,7H2,(H,8,9)/t3-,4+/m0/s1. The van der Waals surface area contributed by atoms with Crippen LogP contribution in [0.1, 0.15) is 6.42 Å². The van der Waals surface area contributed by atoms with Crippen LogP contribution in [0.4, 0.5) is 4.39 Å².